The fraction of sp³-hybridized carbons (Fsp3) is 0.364. The van der Waals surface area contributed by atoms with E-state index < -0.39 is 0 Å². The average molecular weight is 389 g/mol. The van der Waals surface area contributed by atoms with E-state index in [1.54, 1.807) is 6.20 Å². The highest BCUT2D eigenvalue weighted by Crippen LogP contribution is 2.30. The van der Waals surface area contributed by atoms with Crippen molar-refractivity contribution in [3.8, 4) is 11.8 Å². The zero-order chi connectivity index (χ0) is 20.4. The second-order valence-electron chi connectivity index (χ2n) is 7.30. The molecule has 4 rings (SSSR count). The summed E-state index contributed by atoms with van der Waals surface area (Å²) in [5.74, 6) is 1.33. The summed E-state index contributed by atoms with van der Waals surface area (Å²) in [5, 5.41) is 22.2. The minimum Gasteiger partial charge on any atom is -0.486 e. The first-order chi connectivity index (χ1) is 14.1. The third kappa shape index (κ3) is 3.84. The van der Waals surface area contributed by atoms with Gasteiger partial charge in [-0.2, -0.15) is 10.4 Å². The molecule has 148 valence electrons. The maximum Gasteiger partial charge on any atom is 0.158 e. The Balaban J connectivity index is 1.67. The van der Waals surface area contributed by atoms with Crippen LogP contribution in [-0.2, 0) is 4.74 Å². The molecule has 1 aromatic carbocycles. The third-order valence-electron chi connectivity index (χ3n) is 5.27. The number of fused-ring (bicyclic) bond motifs is 1. The Morgan fingerprint density at radius 1 is 1.31 bits per heavy atom. The molecule has 2 aromatic heterocycles. The molecule has 0 radical (unpaired) electrons. The van der Waals surface area contributed by atoms with E-state index in [4.69, 9.17) is 9.47 Å². The summed E-state index contributed by atoms with van der Waals surface area (Å²) >= 11 is 0. The maximum absolute atomic E-state index is 9.31. The van der Waals surface area contributed by atoms with E-state index in [-0.39, 0.29) is 12.1 Å². The minimum atomic E-state index is -0.0590. The number of aryl methyl sites for hydroxylation is 1. The number of hydrogen-bond acceptors (Lipinski definition) is 7. The lowest BCUT2D eigenvalue weighted by molar-refractivity contribution is 0.141. The number of nitrogens with one attached hydrogen (secondary N) is 1. The fourth-order valence-corrected chi connectivity index (χ4v) is 3.64. The topological polar surface area (TPSA) is 93.0 Å². The van der Waals surface area contributed by atoms with Gasteiger partial charge in [0.1, 0.15) is 11.9 Å². The van der Waals surface area contributed by atoms with Crippen LogP contribution in [0.5, 0.6) is 5.75 Å². The van der Waals surface area contributed by atoms with E-state index in [1.165, 1.54) is 0 Å². The zero-order valence-corrected chi connectivity index (χ0v) is 16.8. The van der Waals surface area contributed by atoms with E-state index in [1.807, 2.05) is 45.0 Å². The molecule has 1 aliphatic rings. The molecule has 7 heteroatoms. The van der Waals surface area contributed by atoms with Crippen LogP contribution >= 0.6 is 0 Å². The Kier molecular flexibility index (Phi) is 5.28. The number of hydrogen-bond donors (Lipinski definition) is 1. The number of nitrogens with zero attached hydrogens (tertiary/aromatic N) is 4. The Bertz CT molecular complexity index is 1090. The normalized spacial score (nSPS) is 17.1. The summed E-state index contributed by atoms with van der Waals surface area (Å²) in [6.45, 7) is 7.22. The molecular formula is C22H23N5O2. The van der Waals surface area contributed by atoms with Crippen LogP contribution in [0.3, 0.4) is 0 Å². The molecule has 1 saturated heterocycles. The molecule has 1 fully saturated rings. The number of ether oxygens (including phenoxy) is 2. The van der Waals surface area contributed by atoms with Gasteiger partial charge in [-0.3, -0.25) is 4.98 Å². The van der Waals surface area contributed by atoms with Crippen molar-refractivity contribution in [3.05, 3.63) is 52.8 Å². The highest BCUT2D eigenvalue weighted by atomic mass is 16.5. The van der Waals surface area contributed by atoms with Crippen LogP contribution in [-0.4, -0.2) is 34.5 Å². The number of nitriles is 1. The van der Waals surface area contributed by atoms with Gasteiger partial charge in [0, 0.05) is 6.42 Å². The first-order valence-corrected chi connectivity index (χ1v) is 9.70. The monoisotopic (exact) mass is 389 g/mol. The number of benzene rings is 1. The first kappa shape index (κ1) is 19.1. The second kappa shape index (κ2) is 8.02. The lowest BCUT2D eigenvalue weighted by Crippen LogP contribution is -2.16. The largest absolute Gasteiger partial charge is 0.486 e. The van der Waals surface area contributed by atoms with E-state index in [9.17, 15) is 5.26 Å². The summed E-state index contributed by atoms with van der Waals surface area (Å²) in [5.41, 5.74) is 4.22. The smallest absolute Gasteiger partial charge is 0.158 e. The van der Waals surface area contributed by atoms with Gasteiger partial charge < -0.3 is 14.8 Å². The van der Waals surface area contributed by atoms with Gasteiger partial charge in [0.15, 0.2) is 5.82 Å². The fourth-order valence-electron chi connectivity index (χ4n) is 3.64. The van der Waals surface area contributed by atoms with Crippen LogP contribution in [0.15, 0.2) is 30.5 Å². The van der Waals surface area contributed by atoms with Crippen molar-refractivity contribution in [1.82, 2.24) is 15.2 Å². The summed E-state index contributed by atoms with van der Waals surface area (Å²) in [6.07, 6.45) is 2.66. The Hall–Kier alpha value is -3.24. The van der Waals surface area contributed by atoms with Gasteiger partial charge in [-0.05, 0) is 44.0 Å². The quantitative estimate of drug-likeness (QED) is 0.708. The van der Waals surface area contributed by atoms with Gasteiger partial charge in [0.2, 0.25) is 0 Å². The highest BCUT2D eigenvalue weighted by Gasteiger charge is 2.19. The summed E-state index contributed by atoms with van der Waals surface area (Å²) < 4.78 is 11.4. The predicted octanol–water partition coefficient (Wildman–Crippen LogP) is 3.85. The van der Waals surface area contributed by atoms with Gasteiger partial charge in [-0.15, -0.1) is 5.10 Å². The standard InChI is InChI=1S/C22H23N5O2/c1-13-16(10-23)5-4-6-19(13)14(2)25-22-20-9-18(29-17-7-8-28-12-17)11-24-21(20)15(3)26-27-22/h4-6,9,11,14,17H,7-8,12H2,1-3H3,(H,25,27)/t14-,17+/m1/s1. The van der Waals surface area contributed by atoms with E-state index in [0.717, 1.165) is 40.8 Å². The summed E-state index contributed by atoms with van der Waals surface area (Å²) in [6, 6.07) is 9.88. The molecule has 3 heterocycles. The van der Waals surface area contributed by atoms with E-state index in [2.05, 4.69) is 26.6 Å². The second-order valence-corrected chi connectivity index (χ2v) is 7.30. The van der Waals surface area contributed by atoms with Crippen LogP contribution in [0.4, 0.5) is 5.82 Å². The SMILES string of the molecule is Cc1c(C#N)cccc1[C@@H](C)Nc1nnc(C)c2ncc(O[C@H]3CCOC3)cc12. The Labute approximate surface area is 169 Å². The molecule has 3 aromatic rings. The molecule has 0 aliphatic carbocycles. The van der Waals surface area contributed by atoms with Gasteiger partial charge >= 0.3 is 0 Å². The lowest BCUT2D eigenvalue weighted by atomic mass is 9.98. The van der Waals surface area contributed by atoms with Crippen LogP contribution < -0.4 is 10.1 Å². The van der Waals surface area contributed by atoms with Crippen LogP contribution in [0.2, 0.25) is 0 Å². The molecule has 1 aliphatic heterocycles. The van der Waals surface area contributed by atoms with Gasteiger partial charge in [0.05, 0.1) is 53.7 Å². The van der Waals surface area contributed by atoms with Crippen molar-refractivity contribution in [3.63, 3.8) is 0 Å². The average Bonchev–Trinajstić information content (AvgIpc) is 3.23. The van der Waals surface area contributed by atoms with Crippen LogP contribution in [0, 0.1) is 25.2 Å². The number of anilines is 1. The molecule has 0 saturated carbocycles. The molecule has 0 bridgehead atoms. The number of pyridine rings is 1. The molecule has 2 atom stereocenters. The molecule has 1 N–H and O–H groups in total. The van der Waals surface area contributed by atoms with Gasteiger partial charge in [-0.1, -0.05) is 12.1 Å². The number of rotatable bonds is 5. The van der Waals surface area contributed by atoms with Crippen molar-refractivity contribution < 1.29 is 9.47 Å². The maximum atomic E-state index is 9.31. The van der Waals surface area contributed by atoms with Crippen molar-refractivity contribution in [2.45, 2.75) is 39.3 Å². The Morgan fingerprint density at radius 3 is 2.93 bits per heavy atom. The molecule has 0 amide bonds. The first-order valence-electron chi connectivity index (χ1n) is 9.70. The highest BCUT2D eigenvalue weighted by molar-refractivity contribution is 5.91. The van der Waals surface area contributed by atoms with Crippen LogP contribution in [0.25, 0.3) is 10.9 Å². The Morgan fingerprint density at radius 2 is 2.17 bits per heavy atom. The van der Waals surface area contributed by atoms with E-state index >= 15 is 0 Å². The third-order valence-corrected chi connectivity index (χ3v) is 5.27. The van der Waals surface area contributed by atoms with Gasteiger partial charge in [-0.25, -0.2) is 0 Å². The van der Waals surface area contributed by atoms with Gasteiger partial charge in [0.25, 0.3) is 0 Å². The zero-order valence-electron chi connectivity index (χ0n) is 16.8. The lowest BCUT2D eigenvalue weighted by Gasteiger charge is -2.19. The molecule has 7 nitrogen and oxygen atoms in total. The molecule has 0 unspecified atom stereocenters. The summed E-state index contributed by atoms with van der Waals surface area (Å²) in [4.78, 5) is 4.56. The van der Waals surface area contributed by atoms with Crippen molar-refractivity contribution in [1.29, 1.82) is 5.26 Å². The van der Waals surface area contributed by atoms with Crippen LogP contribution in [0.1, 0.15) is 41.8 Å². The predicted molar refractivity (Wildman–Crippen MR) is 110 cm³/mol. The molecule has 0 spiro atoms. The molecule has 29 heavy (non-hydrogen) atoms. The van der Waals surface area contributed by atoms with Crippen molar-refractivity contribution in [2.24, 2.45) is 0 Å². The summed E-state index contributed by atoms with van der Waals surface area (Å²) in [7, 11) is 0. The number of aromatic nitrogens is 3. The van der Waals surface area contributed by atoms with Crippen molar-refractivity contribution in [2.75, 3.05) is 18.5 Å². The minimum absolute atomic E-state index is 0.0526. The van der Waals surface area contributed by atoms with Crippen molar-refractivity contribution >= 4 is 16.7 Å². The molecular weight excluding hydrogens is 366 g/mol. The van der Waals surface area contributed by atoms with E-state index in [0.29, 0.717) is 23.7 Å².